The lowest BCUT2D eigenvalue weighted by atomic mass is 10.1. The fraction of sp³-hybridized carbons (Fsp3) is 0.625. The average molecular weight is 293 g/mol. The maximum Gasteiger partial charge on any atom is 0.220 e. The fourth-order valence-corrected chi connectivity index (χ4v) is 3.49. The number of amides is 1. The van der Waals surface area contributed by atoms with Crippen molar-refractivity contribution in [1.29, 1.82) is 0 Å². The highest BCUT2D eigenvalue weighted by molar-refractivity contribution is 7.14. The SMILES string of the molecule is Cc1ccc(C(=O)CCC(=O)NC2CCCCCC2)s1. The molecule has 1 N–H and O–H groups in total. The standard InChI is InChI=1S/C16H23NO2S/c1-12-8-10-15(20-12)14(18)9-11-16(19)17-13-6-4-2-3-5-7-13/h8,10,13H,2-7,9,11H2,1H3,(H,17,19). The Bertz CT molecular complexity index is 459. The van der Waals surface area contributed by atoms with Gasteiger partial charge in [0.1, 0.15) is 0 Å². The minimum atomic E-state index is 0.0264. The van der Waals surface area contributed by atoms with E-state index in [1.807, 2.05) is 19.1 Å². The Morgan fingerprint density at radius 2 is 1.85 bits per heavy atom. The molecule has 0 aromatic carbocycles. The molecule has 1 heterocycles. The van der Waals surface area contributed by atoms with Gasteiger partial charge < -0.3 is 5.32 Å². The molecule has 1 amide bonds. The van der Waals surface area contributed by atoms with Crippen molar-refractivity contribution in [3.05, 3.63) is 21.9 Å². The average Bonchev–Trinajstić information content (AvgIpc) is 2.70. The summed E-state index contributed by atoms with van der Waals surface area (Å²) in [4.78, 5) is 25.7. The van der Waals surface area contributed by atoms with Gasteiger partial charge in [-0.3, -0.25) is 9.59 Å². The highest BCUT2D eigenvalue weighted by atomic mass is 32.1. The van der Waals surface area contributed by atoms with E-state index in [-0.39, 0.29) is 11.7 Å². The van der Waals surface area contributed by atoms with E-state index in [2.05, 4.69) is 5.32 Å². The fourth-order valence-electron chi connectivity index (χ4n) is 2.66. The third kappa shape index (κ3) is 4.75. The van der Waals surface area contributed by atoms with Crippen LogP contribution < -0.4 is 5.32 Å². The maximum atomic E-state index is 11.9. The van der Waals surface area contributed by atoms with Gasteiger partial charge in [0.15, 0.2) is 5.78 Å². The molecule has 0 atom stereocenters. The molecule has 110 valence electrons. The molecule has 20 heavy (non-hydrogen) atoms. The zero-order valence-electron chi connectivity index (χ0n) is 12.1. The van der Waals surface area contributed by atoms with Crippen LogP contribution in [0.1, 0.15) is 65.9 Å². The number of thiophene rings is 1. The van der Waals surface area contributed by atoms with Crippen LogP contribution in [0.5, 0.6) is 0 Å². The first-order valence-corrected chi connectivity index (χ1v) is 8.36. The van der Waals surface area contributed by atoms with Crippen LogP contribution in [0.2, 0.25) is 0 Å². The van der Waals surface area contributed by atoms with E-state index in [0.29, 0.717) is 18.9 Å². The van der Waals surface area contributed by atoms with Crippen LogP contribution in [0.25, 0.3) is 0 Å². The molecule has 0 spiro atoms. The lowest BCUT2D eigenvalue weighted by molar-refractivity contribution is -0.121. The predicted octanol–water partition coefficient (Wildman–Crippen LogP) is 3.86. The second-order valence-corrected chi connectivity index (χ2v) is 6.88. The van der Waals surface area contributed by atoms with Crippen molar-refractivity contribution < 1.29 is 9.59 Å². The van der Waals surface area contributed by atoms with Crippen LogP contribution in [0.15, 0.2) is 12.1 Å². The number of hydrogen-bond acceptors (Lipinski definition) is 3. The summed E-state index contributed by atoms with van der Waals surface area (Å²) in [5.74, 6) is 0.109. The largest absolute Gasteiger partial charge is 0.353 e. The first-order chi connectivity index (χ1) is 9.65. The van der Waals surface area contributed by atoms with E-state index in [4.69, 9.17) is 0 Å². The number of carbonyl (C=O) groups excluding carboxylic acids is 2. The van der Waals surface area contributed by atoms with Crippen molar-refractivity contribution in [2.45, 2.75) is 64.3 Å². The van der Waals surface area contributed by atoms with E-state index in [9.17, 15) is 9.59 Å². The molecule has 1 aliphatic rings. The van der Waals surface area contributed by atoms with Crippen LogP contribution in [0, 0.1) is 6.92 Å². The van der Waals surface area contributed by atoms with Crippen LogP contribution in [0.3, 0.4) is 0 Å². The molecule has 0 radical (unpaired) electrons. The third-order valence-electron chi connectivity index (χ3n) is 3.81. The van der Waals surface area contributed by atoms with Gasteiger partial charge in [0.2, 0.25) is 5.91 Å². The Hall–Kier alpha value is -1.16. The molecule has 1 aliphatic carbocycles. The van der Waals surface area contributed by atoms with Gasteiger partial charge in [0, 0.05) is 23.8 Å². The minimum absolute atomic E-state index is 0.0264. The Morgan fingerprint density at radius 3 is 2.45 bits per heavy atom. The molecule has 0 unspecified atom stereocenters. The van der Waals surface area contributed by atoms with Crippen molar-refractivity contribution in [2.24, 2.45) is 0 Å². The van der Waals surface area contributed by atoms with Gasteiger partial charge in [-0.15, -0.1) is 11.3 Å². The summed E-state index contributed by atoms with van der Waals surface area (Å²) < 4.78 is 0. The number of rotatable bonds is 5. The van der Waals surface area contributed by atoms with Gasteiger partial charge >= 0.3 is 0 Å². The summed E-state index contributed by atoms with van der Waals surface area (Å²) >= 11 is 1.50. The van der Waals surface area contributed by atoms with Crippen LogP contribution >= 0.6 is 11.3 Å². The molecular formula is C16H23NO2S. The Labute approximate surface area is 124 Å². The summed E-state index contributed by atoms with van der Waals surface area (Å²) in [6.45, 7) is 1.99. The number of aryl methyl sites for hydroxylation is 1. The molecule has 0 bridgehead atoms. The zero-order valence-corrected chi connectivity index (χ0v) is 12.9. The molecule has 4 heteroatoms. The Kier molecular flexibility index (Phi) is 5.77. The Balaban J connectivity index is 1.73. The minimum Gasteiger partial charge on any atom is -0.353 e. The molecule has 2 rings (SSSR count). The highest BCUT2D eigenvalue weighted by Crippen LogP contribution is 2.19. The van der Waals surface area contributed by atoms with Crippen LogP contribution in [-0.4, -0.2) is 17.7 Å². The molecule has 0 saturated heterocycles. The molecule has 3 nitrogen and oxygen atoms in total. The normalized spacial score (nSPS) is 16.6. The van der Waals surface area contributed by atoms with Gasteiger partial charge in [-0.05, 0) is 31.9 Å². The zero-order chi connectivity index (χ0) is 14.4. The van der Waals surface area contributed by atoms with Gasteiger partial charge in [0.05, 0.1) is 4.88 Å². The maximum absolute atomic E-state index is 11.9. The number of nitrogens with one attached hydrogen (secondary N) is 1. The van der Waals surface area contributed by atoms with E-state index >= 15 is 0 Å². The summed E-state index contributed by atoms with van der Waals surface area (Å²) in [7, 11) is 0. The highest BCUT2D eigenvalue weighted by Gasteiger charge is 2.16. The Morgan fingerprint density at radius 1 is 1.15 bits per heavy atom. The topological polar surface area (TPSA) is 46.2 Å². The lowest BCUT2D eigenvalue weighted by Gasteiger charge is -2.15. The van der Waals surface area contributed by atoms with Crippen molar-refractivity contribution >= 4 is 23.0 Å². The molecule has 1 fully saturated rings. The number of Topliss-reactive ketones (excluding diaryl/α,β-unsaturated/α-hetero) is 1. The summed E-state index contributed by atoms with van der Waals surface area (Å²) in [6, 6.07) is 4.12. The predicted molar refractivity (Wildman–Crippen MR) is 82.3 cm³/mol. The van der Waals surface area contributed by atoms with Crippen molar-refractivity contribution in [3.63, 3.8) is 0 Å². The summed E-state index contributed by atoms with van der Waals surface area (Å²) in [5.41, 5.74) is 0. The number of carbonyl (C=O) groups is 2. The smallest absolute Gasteiger partial charge is 0.220 e. The van der Waals surface area contributed by atoms with Crippen molar-refractivity contribution in [3.8, 4) is 0 Å². The summed E-state index contributed by atoms with van der Waals surface area (Å²) in [6.07, 6.45) is 7.78. The van der Waals surface area contributed by atoms with Crippen LogP contribution in [-0.2, 0) is 4.79 Å². The summed E-state index contributed by atoms with van der Waals surface area (Å²) in [5, 5.41) is 3.08. The van der Waals surface area contributed by atoms with E-state index in [0.717, 1.165) is 22.6 Å². The first-order valence-electron chi connectivity index (χ1n) is 7.54. The molecular weight excluding hydrogens is 270 g/mol. The molecule has 1 aromatic rings. The quantitative estimate of drug-likeness (QED) is 0.662. The van der Waals surface area contributed by atoms with Crippen LogP contribution in [0.4, 0.5) is 0 Å². The molecule has 0 aliphatic heterocycles. The van der Waals surface area contributed by atoms with Gasteiger partial charge in [-0.1, -0.05) is 25.7 Å². The second-order valence-electron chi connectivity index (χ2n) is 5.59. The number of hydrogen-bond donors (Lipinski definition) is 1. The monoisotopic (exact) mass is 293 g/mol. The number of ketones is 1. The van der Waals surface area contributed by atoms with Crippen molar-refractivity contribution in [2.75, 3.05) is 0 Å². The van der Waals surface area contributed by atoms with Gasteiger partial charge in [-0.2, -0.15) is 0 Å². The second kappa shape index (κ2) is 7.58. The van der Waals surface area contributed by atoms with E-state index in [1.54, 1.807) is 0 Å². The van der Waals surface area contributed by atoms with Crippen molar-refractivity contribution in [1.82, 2.24) is 5.32 Å². The van der Waals surface area contributed by atoms with Gasteiger partial charge in [-0.25, -0.2) is 0 Å². The first kappa shape index (κ1) is 15.2. The lowest BCUT2D eigenvalue weighted by Crippen LogP contribution is -2.34. The third-order valence-corrected chi connectivity index (χ3v) is 4.86. The van der Waals surface area contributed by atoms with Gasteiger partial charge in [0.25, 0.3) is 0 Å². The molecule has 1 aromatic heterocycles. The van der Waals surface area contributed by atoms with E-state index in [1.165, 1.54) is 37.0 Å². The van der Waals surface area contributed by atoms with E-state index < -0.39 is 0 Å². The molecule has 1 saturated carbocycles.